The van der Waals surface area contributed by atoms with Gasteiger partial charge in [-0.05, 0) is 24.6 Å². The molecule has 21 heavy (non-hydrogen) atoms. The van der Waals surface area contributed by atoms with Crippen molar-refractivity contribution >= 4 is 16.7 Å². The third kappa shape index (κ3) is 1.69. The highest BCUT2D eigenvalue weighted by Crippen LogP contribution is 2.27. The maximum atomic E-state index is 10.1. The number of nitrogens with zero attached hydrogens (tertiary/aromatic N) is 5. The van der Waals surface area contributed by atoms with Gasteiger partial charge in [0.05, 0.1) is 23.4 Å². The lowest BCUT2D eigenvalue weighted by Crippen LogP contribution is -1.91. The van der Waals surface area contributed by atoms with Gasteiger partial charge in [0.15, 0.2) is 5.65 Å². The number of imidazole rings is 1. The van der Waals surface area contributed by atoms with Gasteiger partial charge in [0.25, 0.3) is 0 Å². The Bertz CT molecular complexity index is 982. The molecule has 4 aromatic rings. The highest BCUT2D eigenvalue weighted by molar-refractivity contribution is 5.83. The second-order valence-corrected chi connectivity index (χ2v) is 5.08. The van der Waals surface area contributed by atoms with Gasteiger partial charge in [-0.3, -0.25) is 14.1 Å². The minimum absolute atomic E-state index is 0.159. The standard InChI is InChI=1S/C15H13N5O/c1-9-15(21)20-13-4-3-10(11-6-17-19(2)8-11)5-12(13)16-7-14(20)18-9/h3-8,21H,1-2H3. The number of fused-ring (bicyclic) bond motifs is 3. The van der Waals surface area contributed by atoms with Crippen LogP contribution in [0.2, 0.25) is 0 Å². The van der Waals surface area contributed by atoms with Crippen molar-refractivity contribution in [3.63, 3.8) is 0 Å². The molecule has 3 heterocycles. The van der Waals surface area contributed by atoms with Crippen LogP contribution in [0.15, 0.2) is 36.8 Å². The number of aromatic nitrogens is 5. The van der Waals surface area contributed by atoms with Crippen LogP contribution in [0.4, 0.5) is 0 Å². The van der Waals surface area contributed by atoms with E-state index in [-0.39, 0.29) is 5.88 Å². The molecule has 104 valence electrons. The van der Waals surface area contributed by atoms with Gasteiger partial charge in [0, 0.05) is 18.8 Å². The Balaban J connectivity index is 2.01. The van der Waals surface area contributed by atoms with Crippen molar-refractivity contribution in [2.45, 2.75) is 6.92 Å². The van der Waals surface area contributed by atoms with Crippen molar-refractivity contribution in [1.82, 2.24) is 24.1 Å². The lowest BCUT2D eigenvalue weighted by molar-refractivity contribution is 0.446. The largest absolute Gasteiger partial charge is 0.493 e. The zero-order valence-corrected chi connectivity index (χ0v) is 11.6. The summed E-state index contributed by atoms with van der Waals surface area (Å²) < 4.78 is 3.48. The Morgan fingerprint density at radius 1 is 1.14 bits per heavy atom. The van der Waals surface area contributed by atoms with Crippen LogP contribution >= 0.6 is 0 Å². The SMILES string of the molecule is Cc1nc2cnc3cc(-c4cnn(C)c4)ccc3n2c1O. The Labute approximate surface area is 120 Å². The number of aromatic hydroxyl groups is 1. The van der Waals surface area contributed by atoms with E-state index in [2.05, 4.69) is 15.1 Å². The van der Waals surface area contributed by atoms with Gasteiger partial charge in [-0.15, -0.1) is 0 Å². The van der Waals surface area contributed by atoms with Gasteiger partial charge in [-0.1, -0.05) is 6.07 Å². The topological polar surface area (TPSA) is 68.2 Å². The second-order valence-electron chi connectivity index (χ2n) is 5.08. The van der Waals surface area contributed by atoms with E-state index in [1.165, 1.54) is 0 Å². The number of hydrogen-bond acceptors (Lipinski definition) is 4. The summed E-state index contributed by atoms with van der Waals surface area (Å²) in [6.07, 6.45) is 5.44. The molecular formula is C15H13N5O. The molecule has 1 aromatic carbocycles. The second kappa shape index (κ2) is 4.05. The van der Waals surface area contributed by atoms with Gasteiger partial charge in [0.2, 0.25) is 5.88 Å². The first-order chi connectivity index (χ1) is 10.1. The fourth-order valence-electron chi connectivity index (χ4n) is 2.56. The zero-order chi connectivity index (χ0) is 14.6. The van der Waals surface area contributed by atoms with Gasteiger partial charge >= 0.3 is 0 Å². The fraction of sp³-hybridized carbons (Fsp3) is 0.133. The predicted molar refractivity (Wildman–Crippen MR) is 79.1 cm³/mol. The molecule has 6 heteroatoms. The Morgan fingerprint density at radius 2 is 2.00 bits per heavy atom. The lowest BCUT2D eigenvalue weighted by Gasteiger charge is -2.04. The van der Waals surface area contributed by atoms with E-state index < -0.39 is 0 Å². The van der Waals surface area contributed by atoms with Crippen LogP contribution in [0.5, 0.6) is 5.88 Å². The molecule has 0 bridgehead atoms. The number of rotatable bonds is 1. The van der Waals surface area contributed by atoms with E-state index >= 15 is 0 Å². The molecule has 0 unspecified atom stereocenters. The molecule has 0 amide bonds. The molecular weight excluding hydrogens is 266 g/mol. The molecule has 0 aliphatic carbocycles. The minimum Gasteiger partial charge on any atom is -0.493 e. The first-order valence-electron chi connectivity index (χ1n) is 6.59. The van der Waals surface area contributed by atoms with E-state index in [4.69, 9.17) is 0 Å². The molecule has 0 aliphatic heterocycles. The Kier molecular flexibility index (Phi) is 2.29. The zero-order valence-electron chi connectivity index (χ0n) is 11.6. The van der Waals surface area contributed by atoms with Crippen LogP contribution in [-0.2, 0) is 7.05 Å². The summed E-state index contributed by atoms with van der Waals surface area (Å²) in [6.45, 7) is 1.78. The van der Waals surface area contributed by atoms with Crippen LogP contribution in [0.25, 0.3) is 27.8 Å². The number of aryl methyl sites for hydroxylation is 2. The van der Waals surface area contributed by atoms with Crippen LogP contribution < -0.4 is 0 Å². The molecule has 0 spiro atoms. The summed E-state index contributed by atoms with van der Waals surface area (Å²) in [5.41, 5.74) is 4.95. The summed E-state index contributed by atoms with van der Waals surface area (Å²) in [5, 5.41) is 14.3. The summed E-state index contributed by atoms with van der Waals surface area (Å²) in [6, 6.07) is 5.92. The van der Waals surface area contributed by atoms with Crippen LogP contribution in [0.3, 0.4) is 0 Å². The third-order valence-electron chi connectivity index (χ3n) is 3.62. The Hall–Kier alpha value is -2.89. The molecule has 0 atom stereocenters. The van der Waals surface area contributed by atoms with E-state index in [9.17, 15) is 5.11 Å². The Morgan fingerprint density at radius 3 is 2.76 bits per heavy atom. The van der Waals surface area contributed by atoms with Crippen molar-refractivity contribution < 1.29 is 5.11 Å². The minimum atomic E-state index is 0.159. The van der Waals surface area contributed by atoms with E-state index in [0.29, 0.717) is 11.3 Å². The molecule has 4 rings (SSSR count). The number of hydrogen-bond donors (Lipinski definition) is 1. The van der Waals surface area contributed by atoms with Crippen LogP contribution in [0, 0.1) is 6.92 Å². The first-order valence-corrected chi connectivity index (χ1v) is 6.59. The summed E-state index contributed by atoms with van der Waals surface area (Å²) in [7, 11) is 1.89. The molecule has 6 nitrogen and oxygen atoms in total. The monoisotopic (exact) mass is 279 g/mol. The molecule has 0 aliphatic rings. The summed E-state index contributed by atoms with van der Waals surface area (Å²) >= 11 is 0. The average Bonchev–Trinajstić information content (AvgIpc) is 3.03. The fourth-order valence-corrected chi connectivity index (χ4v) is 2.56. The highest BCUT2D eigenvalue weighted by Gasteiger charge is 2.11. The van der Waals surface area contributed by atoms with Crippen molar-refractivity contribution in [3.8, 4) is 17.0 Å². The smallest absolute Gasteiger partial charge is 0.219 e. The molecule has 0 saturated heterocycles. The normalized spacial score (nSPS) is 11.5. The molecule has 0 radical (unpaired) electrons. The van der Waals surface area contributed by atoms with Crippen molar-refractivity contribution in [2.24, 2.45) is 7.05 Å². The van der Waals surface area contributed by atoms with Crippen molar-refractivity contribution in [2.75, 3.05) is 0 Å². The van der Waals surface area contributed by atoms with Gasteiger partial charge in [-0.25, -0.2) is 4.98 Å². The first kappa shape index (κ1) is 11.9. The summed E-state index contributed by atoms with van der Waals surface area (Å²) in [4.78, 5) is 8.72. The maximum absolute atomic E-state index is 10.1. The lowest BCUT2D eigenvalue weighted by atomic mass is 10.1. The molecule has 1 N–H and O–H groups in total. The maximum Gasteiger partial charge on any atom is 0.219 e. The van der Waals surface area contributed by atoms with Gasteiger partial charge in [0.1, 0.15) is 5.69 Å². The molecule has 0 saturated carbocycles. The summed E-state index contributed by atoms with van der Waals surface area (Å²) in [5.74, 6) is 0.159. The quantitative estimate of drug-likeness (QED) is 0.580. The number of benzene rings is 1. The van der Waals surface area contributed by atoms with Gasteiger partial charge < -0.3 is 5.11 Å². The molecule has 3 aromatic heterocycles. The molecule has 0 fully saturated rings. The van der Waals surface area contributed by atoms with Crippen LogP contribution in [-0.4, -0.2) is 29.3 Å². The third-order valence-corrected chi connectivity index (χ3v) is 3.62. The van der Waals surface area contributed by atoms with E-state index in [0.717, 1.165) is 22.2 Å². The average molecular weight is 279 g/mol. The van der Waals surface area contributed by atoms with Crippen molar-refractivity contribution in [3.05, 3.63) is 42.5 Å². The van der Waals surface area contributed by atoms with Crippen molar-refractivity contribution in [1.29, 1.82) is 0 Å². The van der Waals surface area contributed by atoms with E-state index in [1.807, 2.05) is 37.6 Å². The van der Waals surface area contributed by atoms with Gasteiger partial charge in [-0.2, -0.15) is 5.10 Å². The van der Waals surface area contributed by atoms with Crippen LogP contribution in [0.1, 0.15) is 5.69 Å². The van der Waals surface area contributed by atoms with E-state index in [1.54, 1.807) is 22.2 Å². The highest BCUT2D eigenvalue weighted by atomic mass is 16.3. The predicted octanol–water partition coefficient (Wildman–Crippen LogP) is 2.30.